The van der Waals surface area contributed by atoms with Crippen molar-refractivity contribution in [2.24, 2.45) is 0 Å². The SMILES string of the molecule is CNCCCC(=O)NC1COc2ccccc21.Cl. The zero-order valence-electron chi connectivity index (χ0n) is 10.4. The van der Waals surface area contributed by atoms with E-state index in [1.54, 1.807) is 0 Å². The predicted molar refractivity (Wildman–Crippen MR) is 73.2 cm³/mol. The molecule has 1 atom stereocenters. The summed E-state index contributed by atoms with van der Waals surface area (Å²) in [6.07, 6.45) is 1.41. The van der Waals surface area contributed by atoms with Gasteiger partial charge in [-0.05, 0) is 26.1 Å². The first-order valence-electron chi connectivity index (χ1n) is 5.97. The number of nitrogens with one attached hydrogen (secondary N) is 2. The minimum absolute atomic E-state index is 0. The molecule has 1 amide bonds. The Bertz CT molecular complexity index is 398. The zero-order valence-corrected chi connectivity index (χ0v) is 11.3. The average Bonchev–Trinajstić information content (AvgIpc) is 2.73. The molecule has 18 heavy (non-hydrogen) atoms. The lowest BCUT2D eigenvalue weighted by atomic mass is 10.1. The quantitative estimate of drug-likeness (QED) is 0.800. The maximum atomic E-state index is 11.7. The molecule has 0 fully saturated rings. The van der Waals surface area contributed by atoms with Gasteiger partial charge < -0.3 is 15.4 Å². The zero-order chi connectivity index (χ0) is 12.1. The Balaban J connectivity index is 0.00000162. The molecule has 0 spiro atoms. The van der Waals surface area contributed by atoms with Crippen molar-refractivity contribution >= 4 is 18.3 Å². The minimum Gasteiger partial charge on any atom is -0.491 e. The van der Waals surface area contributed by atoms with Crippen LogP contribution in [0.15, 0.2) is 24.3 Å². The number of amides is 1. The molecule has 2 N–H and O–H groups in total. The molecule has 1 heterocycles. The maximum absolute atomic E-state index is 11.7. The molecule has 1 aromatic carbocycles. The Morgan fingerprint density at radius 1 is 1.44 bits per heavy atom. The van der Waals surface area contributed by atoms with Gasteiger partial charge >= 0.3 is 0 Å². The van der Waals surface area contributed by atoms with Gasteiger partial charge in [-0.1, -0.05) is 18.2 Å². The number of rotatable bonds is 5. The molecule has 0 radical (unpaired) electrons. The van der Waals surface area contributed by atoms with E-state index in [2.05, 4.69) is 10.6 Å². The first kappa shape index (κ1) is 14.8. The minimum atomic E-state index is 0. The molecule has 0 saturated carbocycles. The van der Waals surface area contributed by atoms with Gasteiger partial charge in [0.1, 0.15) is 12.4 Å². The Labute approximate surface area is 114 Å². The van der Waals surface area contributed by atoms with Gasteiger partial charge in [0, 0.05) is 12.0 Å². The van der Waals surface area contributed by atoms with Gasteiger partial charge in [0.05, 0.1) is 6.04 Å². The molecule has 1 aromatic rings. The van der Waals surface area contributed by atoms with E-state index >= 15 is 0 Å². The number of benzene rings is 1. The van der Waals surface area contributed by atoms with Gasteiger partial charge in [-0.2, -0.15) is 0 Å². The van der Waals surface area contributed by atoms with Crippen LogP contribution in [-0.2, 0) is 4.79 Å². The van der Waals surface area contributed by atoms with E-state index in [0.29, 0.717) is 13.0 Å². The summed E-state index contributed by atoms with van der Waals surface area (Å²) in [6, 6.07) is 7.85. The molecule has 4 nitrogen and oxygen atoms in total. The maximum Gasteiger partial charge on any atom is 0.220 e. The molecule has 0 bridgehead atoms. The highest BCUT2D eigenvalue weighted by Gasteiger charge is 2.24. The third-order valence-electron chi connectivity index (χ3n) is 2.87. The Morgan fingerprint density at radius 3 is 3.00 bits per heavy atom. The van der Waals surface area contributed by atoms with Gasteiger partial charge in [0.25, 0.3) is 0 Å². The molecule has 0 saturated heterocycles. The summed E-state index contributed by atoms with van der Waals surface area (Å²) in [5.74, 6) is 0.971. The largest absolute Gasteiger partial charge is 0.491 e. The average molecular weight is 271 g/mol. The third kappa shape index (κ3) is 3.62. The highest BCUT2D eigenvalue weighted by atomic mass is 35.5. The standard InChI is InChI=1S/C13H18N2O2.ClH/c1-14-8-4-7-13(16)15-11-9-17-12-6-3-2-5-10(11)12;/h2-3,5-6,11,14H,4,7-9H2,1H3,(H,15,16);1H. The number of ether oxygens (including phenoxy) is 1. The Kier molecular flexibility index (Phi) is 5.95. The molecular weight excluding hydrogens is 252 g/mol. The van der Waals surface area contributed by atoms with Crippen molar-refractivity contribution in [3.05, 3.63) is 29.8 Å². The summed E-state index contributed by atoms with van der Waals surface area (Å²) in [4.78, 5) is 11.7. The van der Waals surface area contributed by atoms with Gasteiger partial charge in [-0.25, -0.2) is 0 Å². The normalized spacial score (nSPS) is 16.4. The second-order valence-corrected chi connectivity index (χ2v) is 4.18. The van der Waals surface area contributed by atoms with Crippen LogP contribution < -0.4 is 15.4 Å². The smallest absolute Gasteiger partial charge is 0.220 e. The monoisotopic (exact) mass is 270 g/mol. The number of para-hydroxylation sites is 1. The molecule has 1 aliphatic heterocycles. The molecule has 5 heteroatoms. The van der Waals surface area contributed by atoms with Crippen molar-refractivity contribution < 1.29 is 9.53 Å². The molecule has 2 rings (SSSR count). The van der Waals surface area contributed by atoms with Crippen LogP contribution in [0.4, 0.5) is 0 Å². The van der Waals surface area contributed by atoms with Crippen LogP contribution in [0.3, 0.4) is 0 Å². The van der Waals surface area contributed by atoms with Gasteiger partial charge in [-0.3, -0.25) is 4.79 Å². The lowest BCUT2D eigenvalue weighted by molar-refractivity contribution is -0.122. The van der Waals surface area contributed by atoms with Crippen molar-refractivity contribution in [2.75, 3.05) is 20.2 Å². The van der Waals surface area contributed by atoms with Gasteiger partial charge in [0.2, 0.25) is 5.91 Å². The summed E-state index contributed by atoms with van der Waals surface area (Å²) in [5.41, 5.74) is 1.08. The lowest BCUT2D eigenvalue weighted by Gasteiger charge is -2.11. The summed E-state index contributed by atoms with van der Waals surface area (Å²) in [7, 11) is 1.89. The summed E-state index contributed by atoms with van der Waals surface area (Å²) in [5, 5.41) is 6.03. The van der Waals surface area contributed by atoms with E-state index in [1.807, 2.05) is 31.3 Å². The van der Waals surface area contributed by atoms with Crippen LogP contribution in [0.5, 0.6) is 5.75 Å². The highest BCUT2D eigenvalue weighted by molar-refractivity contribution is 5.85. The van der Waals surface area contributed by atoms with Crippen LogP contribution >= 0.6 is 12.4 Å². The van der Waals surface area contributed by atoms with E-state index in [-0.39, 0.29) is 24.4 Å². The van der Waals surface area contributed by atoms with Crippen LogP contribution in [0.25, 0.3) is 0 Å². The van der Waals surface area contributed by atoms with Gasteiger partial charge in [-0.15, -0.1) is 12.4 Å². The number of carbonyl (C=O) groups is 1. The number of hydrogen-bond acceptors (Lipinski definition) is 3. The molecular formula is C13H19ClN2O2. The van der Waals surface area contributed by atoms with Crippen molar-refractivity contribution in [3.8, 4) is 5.75 Å². The predicted octanol–water partition coefficient (Wildman–Crippen LogP) is 1.66. The first-order valence-corrected chi connectivity index (χ1v) is 5.97. The Morgan fingerprint density at radius 2 is 2.22 bits per heavy atom. The topological polar surface area (TPSA) is 50.4 Å². The van der Waals surface area contributed by atoms with Crippen LogP contribution in [0, 0.1) is 0 Å². The van der Waals surface area contributed by atoms with Crippen molar-refractivity contribution in [1.82, 2.24) is 10.6 Å². The van der Waals surface area contributed by atoms with E-state index < -0.39 is 0 Å². The number of halogens is 1. The lowest BCUT2D eigenvalue weighted by Crippen LogP contribution is -2.29. The third-order valence-corrected chi connectivity index (χ3v) is 2.87. The molecule has 1 unspecified atom stereocenters. The molecule has 1 aliphatic rings. The fourth-order valence-corrected chi connectivity index (χ4v) is 1.97. The number of fused-ring (bicyclic) bond motifs is 1. The summed E-state index contributed by atoms with van der Waals surface area (Å²) in [6.45, 7) is 1.41. The van der Waals surface area contributed by atoms with E-state index in [1.165, 1.54) is 0 Å². The molecule has 0 aromatic heterocycles. The fraction of sp³-hybridized carbons (Fsp3) is 0.462. The molecule has 0 aliphatic carbocycles. The first-order chi connectivity index (χ1) is 8.31. The van der Waals surface area contributed by atoms with Crippen molar-refractivity contribution in [1.29, 1.82) is 0 Å². The second kappa shape index (κ2) is 7.24. The van der Waals surface area contributed by atoms with E-state index in [4.69, 9.17) is 4.74 Å². The van der Waals surface area contributed by atoms with Crippen LogP contribution in [-0.4, -0.2) is 26.1 Å². The molecule has 100 valence electrons. The van der Waals surface area contributed by atoms with E-state index in [0.717, 1.165) is 24.3 Å². The van der Waals surface area contributed by atoms with Crippen LogP contribution in [0.2, 0.25) is 0 Å². The number of hydrogen-bond donors (Lipinski definition) is 2. The van der Waals surface area contributed by atoms with Crippen LogP contribution in [0.1, 0.15) is 24.4 Å². The number of carbonyl (C=O) groups excluding carboxylic acids is 1. The summed E-state index contributed by atoms with van der Waals surface area (Å²) >= 11 is 0. The van der Waals surface area contributed by atoms with Crippen molar-refractivity contribution in [3.63, 3.8) is 0 Å². The summed E-state index contributed by atoms with van der Waals surface area (Å²) < 4.78 is 5.51. The Hall–Kier alpha value is -1.26. The fourth-order valence-electron chi connectivity index (χ4n) is 1.97. The van der Waals surface area contributed by atoms with Gasteiger partial charge in [0.15, 0.2) is 0 Å². The highest BCUT2D eigenvalue weighted by Crippen LogP contribution is 2.31. The van der Waals surface area contributed by atoms with E-state index in [9.17, 15) is 4.79 Å². The second-order valence-electron chi connectivity index (χ2n) is 4.18. The van der Waals surface area contributed by atoms with Crippen molar-refractivity contribution in [2.45, 2.75) is 18.9 Å².